The SMILES string of the molecule is CCCSC1=NC2(CCCCC2)C2CCCCC2O1. The number of rotatable bonds is 2. The molecule has 19 heavy (non-hydrogen) atoms. The van der Waals surface area contributed by atoms with Gasteiger partial charge in [-0.2, -0.15) is 0 Å². The lowest BCUT2D eigenvalue weighted by Crippen LogP contribution is -2.51. The van der Waals surface area contributed by atoms with Gasteiger partial charge in [-0.3, -0.25) is 0 Å². The monoisotopic (exact) mass is 281 g/mol. The first-order chi connectivity index (χ1) is 9.34. The van der Waals surface area contributed by atoms with Crippen LogP contribution in [-0.2, 0) is 4.74 Å². The van der Waals surface area contributed by atoms with Gasteiger partial charge < -0.3 is 4.74 Å². The fourth-order valence-electron chi connectivity index (χ4n) is 4.18. The van der Waals surface area contributed by atoms with Crippen LogP contribution in [0.2, 0.25) is 0 Å². The van der Waals surface area contributed by atoms with Gasteiger partial charge in [0.15, 0.2) is 0 Å². The fourth-order valence-corrected chi connectivity index (χ4v) is 4.99. The van der Waals surface area contributed by atoms with Crippen molar-refractivity contribution in [2.45, 2.75) is 82.8 Å². The van der Waals surface area contributed by atoms with Crippen LogP contribution in [0.25, 0.3) is 0 Å². The van der Waals surface area contributed by atoms with E-state index in [1.807, 2.05) is 11.8 Å². The summed E-state index contributed by atoms with van der Waals surface area (Å²) in [5, 5.41) is 1.02. The molecular weight excluding hydrogens is 254 g/mol. The number of fused-ring (bicyclic) bond motifs is 2. The summed E-state index contributed by atoms with van der Waals surface area (Å²) in [4.78, 5) is 5.15. The van der Waals surface area contributed by atoms with Crippen LogP contribution in [-0.4, -0.2) is 22.6 Å². The normalized spacial score (nSPS) is 33.4. The van der Waals surface area contributed by atoms with Crippen LogP contribution < -0.4 is 0 Å². The molecule has 0 aromatic rings. The first-order valence-corrected chi connectivity index (χ1v) is 9.22. The number of hydrogen-bond acceptors (Lipinski definition) is 3. The van der Waals surface area contributed by atoms with Gasteiger partial charge in [-0.25, -0.2) is 4.99 Å². The van der Waals surface area contributed by atoms with Crippen molar-refractivity contribution in [3.05, 3.63) is 0 Å². The maximum absolute atomic E-state index is 6.23. The molecule has 3 rings (SSSR count). The lowest BCUT2D eigenvalue weighted by Gasteiger charge is -2.49. The predicted octanol–water partition coefficient (Wildman–Crippen LogP) is 4.78. The average molecular weight is 281 g/mol. The zero-order chi connectivity index (χ0) is 13.1. The van der Waals surface area contributed by atoms with Crippen LogP contribution in [0.3, 0.4) is 0 Å². The van der Waals surface area contributed by atoms with Crippen LogP contribution in [0.5, 0.6) is 0 Å². The van der Waals surface area contributed by atoms with Crippen LogP contribution in [0.1, 0.15) is 71.1 Å². The van der Waals surface area contributed by atoms with E-state index in [9.17, 15) is 0 Å². The van der Waals surface area contributed by atoms with Crippen LogP contribution in [0.4, 0.5) is 0 Å². The minimum absolute atomic E-state index is 0.262. The van der Waals surface area contributed by atoms with Gasteiger partial charge in [-0.15, -0.1) is 0 Å². The molecule has 0 aromatic carbocycles. The molecule has 1 spiro atoms. The molecule has 0 bridgehead atoms. The standard InChI is InChI=1S/C16H27NOS/c1-2-12-19-15-17-16(10-6-3-7-11-16)13-8-4-5-9-14(13)18-15/h13-14H,2-12H2,1H3. The maximum atomic E-state index is 6.23. The number of aliphatic imine (C=N–C) groups is 1. The molecule has 0 aromatic heterocycles. The largest absolute Gasteiger partial charge is 0.469 e. The van der Waals surface area contributed by atoms with E-state index in [1.165, 1.54) is 64.2 Å². The molecule has 2 aliphatic carbocycles. The molecule has 2 nitrogen and oxygen atoms in total. The minimum Gasteiger partial charge on any atom is -0.469 e. The first kappa shape index (κ1) is 13.8. The van der Waals surface area contributed by atoms with E-state index in [1.54, 1.807) is 0 Å². The topological polar surface area (TPSA) is 21.6 Å². The second kappa shape index (κ2) is 6.07. The van der Waals surface area contributed by atoms with Crippen molar-refractivity contribution in [3.63, 3.8) is 0 Å². The average Bonchev–Trinajstić information content (AvgIpc) is 2.46. The summed E-state index contributed by atoms with van der Waals surface area (Å²) in [6, 6.07) is 0. The molecule has 2 fully saturated rings. The maximum Gasteiger partial charge on any atom is 0.246 e. The highest BCUT2D eigenvalue weighted by Gasteiger charge is 2.48. The van der Waals surface area contributed by atoms with Gasteiger partial charge in [0.2, 0.25) is 5.23 Å². The van der Waals surface area contributed by atoms with E-state index in [0.717, 1.165) is 11.0 Å². The Morgan fingerprint density at radius 3 is 2.74 bits per heavy atom. The molecular formula is C16H27NOS. The summed E-state index contributed by atoms with van der Waals surface area (Å²) in [5.74, 6) is 1.86. The number of nitrogens with zero attached hydrogens (tertiary/aromatic N) is 1. The lowest BCUT2D eigenvalue weighted by molar-refractivity contribution is 0.00299. The van der Waals surface area contributed by atoms with Crippen molar-refractivity contribution in [1.82, 2.24) is 0 Å². The van der Waals surface area contributed by atoms with Gasteiger partial charge >= 0.3 is 0 Å². The Hall–Kier alpha value is -0.180. The molecule has 2 saturated carbocycles. The Labute approximate surface area is 121 Å². The fraction of sp³-hybridized carbons (Fsp3) is 0.938. The second-order valence-corrected chi connectivity index (χ2v) is 7.48. The summed E-state index contributed by atoms with van der Waals surface area (Å²) >= 11 is 1.85. The van der Waals surface area contributed by atoms with Gasteiger partial charge in [0.25, 0.3) is 0 Å². The third kappa shape index (κ3) is 2.81. The zero-order valence-corrected chi connectivity index (χ0v) is 13.0. The molecule has 0 saturated heterocycles. The summed E-state index contributed by atoms with van der Waals surface area (Å²) < 4.78 is 6.23. The van der Waals surface area contributed by atoms with Crippen molar-refractivity contribution in [2.24, 2.45) is 10.9 Å². The highest BCUT2D eigenvalue weighted by atomic mass is 32.2. The minimum atomic E-state index is 0.262. The van der Waals surface area contributed by atoms with E-state index >= 15 is 0 Å². The Bertz CT molecular complexity index is 336. The summed E-state index contributed by atoms with van der Waals surface area (Å²) in [6.45, 7) is 2.23. The van der Waals surface area contributed by atoms with E-state index in [-0.39, 0.29) is 5.54 Å². The molecule has 2 unspecified atom stereocenters. The Morgan fingerprint density at radius 1 is 1.16 bits per heavy atom. The molecule has 3 aliphatic rings. The molecule has 0 N–H and O–H groups in total. The van der Waals surface area contributed by atoms with Crippen LogP contribution >= 0.6 is 11.8 Å². The highest BCUT2D eigenvalue weighted by Crippen LogP contribution is 2.48. The van der Waals surface area contributed by atoms with E-state index in [2.05, 4.69) is 6.92 Å². The molecule has 0 radical (unpaired) electrons. The van der Waals surface area contributed by atoms with Gasteiger partial charge in [-0.05, 0) is 38.5 Å². The summed E-state index contributed by atoms with van der Waals surface area (Å²) in [7, 11) is 0. The molecule has 3 heteroatoms. The molecule has 0 amide bonds. The molecule has 1 aliphatic heterocycles. The molecule has 1 heterocycles. The second-order valence-electron chi connectivity index (χ2n) is 6.44. The number of ether oxygens (including phenoxy) is 1. The summed E-state index contributed by atoms with van der Waals surface area (Å²) in [5.41, 5.74) is 0.262. The lowest BCUT2D eigenvalue weighted by atomic mass is 9.66. The first-order valence-electron chi connectivity index (χ1n) is 8.23. The Kier molecular flexibility index (Phi) is 4.40. The zero-order valence-electron chi connectivity index (χ0n) is 12.2. The Morgan fingerprint density at radius 2 is 1.95 bits per heavy atom. The van der Waals surface area contributed by atoms with Crippen molar-refractivity contribution >= 4 is 17.0 Å². The van der Waals surface area contributed by atoms with E-state index in [0.29, 0.717) is 12.0 Å². The van der Waals surface area contributed by atoms with Crippen molar-refractivity contribution in [3.8, 4) is 0 Å². The molecule has 2 atom stereocenters. The van der Waals surface area contributed by atoms with Crippen molar-refractivity contribution < 1.29 is 4.74 Å². The van der Waals surface area contributed by atoms with Crippen molar-refractivity contribution in [2.75, 3.05) is 5.75 Å². The van der Waals surface area contributed by atoms with Crippen molar-refractivity contribution in [1.29, 1.82) is 0 Å². The van der Waals surface area contributed by atoms with Crippen LogP contribution in [0.15, 0.2) is 4.99 Å². The van der Waals surface area contributed by atoms with Gasteiger partial charge in [0.1, 0.15) is 6.10 Å². The third-order valence-electron chi connectivity index (χ3n) is 5.11. The van der Waals surface area contributed by atoms with Gasteiger partial charge in [0.05, 0.1) is 5.54 Å². The van der Waals surface area contributed by atoms with Gasteiger partial charge in [0, 0.05) is 11.7 Å². The van der Waals surface area contributed by atoms with E-state index in [4.69, 9.17) is 9.73 Å². The Balaban J connectivity index is 1.83. The third-order valence-corrected chi connectivity index (χ3v) is 6.15. The van der Waals surface area contributed by atoms with E-state index < -0.39 is 0 Å². The predicted molar refractivity (Wildman–Crippen MR) is 82.8 cm³/mol. The summed E-state index contributed by atoms with van der Waals surface area (Å²) in [6.07, 6.45) is 13.8. The number of thioether (sulfide) groups is 1. The highest BCUT2D eigenvalue weighted by molar-refractivity contribution is 8.13. The van der Waals surface area contributed by atoms with Gasteiger partial charge in [-0.1, -0.05) is 44.4 Å². The quantitative estimate of drug-likeness (QED) is 0.726. The smallest absolute Gasteiger partial charge is 0.246 e. The van der Waals surface area contributed by atoms with Crippen LogP contribution in [0, 0.1) is 5.92 Å². The molecule has 108 valence electrons. The number of hydrogen-bond donors (Lipinski definition) is 0.